The van der Waals surface area contributed by atoms with Crippen LogP contribution in [0.15, 0.2) is 30.6 Å². The number of pyridine rings is 1. The minimum atomic E-state index is -0.528. The van der Waals surface area contributed by atoms with Gasteiger partial charge in [0.05, 0.1) is 30.9 Å². The zero-order chi connectivity index (χ0) is 25.6. The van der Waals surface area contributed by atoms with Crippen LogP contribution in [0.25, 0.3) is 11.3 Å². The molecule has 0 spiro atoms. The number of carbonyl (C=O) groups is 1. The van der Waals surface area contributed by atoms with Crippen LogP contribution in [-0.4, -0.2) is 27.8 Å². The van der Waals surface area contributed by atoms with Gasteiger partial charge in [-0.25, -0.2) is 18.7 Å². The second-order valence-corrected chi connectivity index (χ2v) is 9.80. The maximum absolute atomic E-state index is 15.9. The first kappa shape index (κ1) is 24.3. The molecule has 188 valence electrons. The van der Waals surface area contributed by atoms with Gasteiger partial charge in [0.1, 0.15) is 17.6 Å². The fourth-order valence-corrected chi connectivity index (χ4v) is 5.18. The van der Waals surface area contributed by atoms with Crippen LogP contribution in [0.4, 0.5) is 8.78 Å². The number of hydrogen-bond acceptors (Lipinski definition) is 6. The number of ketones is 1. The van der Waals surface area contributed by atoms with Crippen molar-refractivity contribution in [3.05, 3.63) is 64.7 Å². The van der Waals surface area contributed by atoms with Crippen molar-refractivity contribution in [2.75, 3.05) is 7.11 Å². The SMILES string of the molecule is COc1cc(-c2cnc(C3CCc4ccc([C@H](C5CC5)[C@H](C)C(C)=O)c(F)c4O3)c(C)n2)c(F)cn1. The van der Waals surface area contributed by atoms with Gasteiger partial charge < -0.3 is 9.47 Å². The average molecular weight is 494 g/mol. The fraction of sp³-hybridized carbons (Fsp3) is 0.429. The third kappa shape index (κ3) is 4.45. The van der Waals surface area contributed by atoms with E-state index in [-0.39, 0.29) is 40.6 Å². The van der Waals surface area contributed by atoms with E-state index in [4.69, 9.17) is 9.47 Å². The Kier molecular flexibility index (Phi) is 6.45. The van der Waals surface area contributed by atoms with Gasteiger partial charge in [-0.1, -0.05) is 19.1 Å². The number of methoxy groups -OCH3 is 1. The normalized spacial score (nSPS) is 18.7. The molecule has 5 rings (SSSR count). The van der Waals surface area contributed by atoms with E-state index in [1.54, 1.807) is 13.8 Å². The van der Waals surface area contributed by atoms with Gasteiger partial charge in [-0.2, -0.15) is 0 Å². The molecule has 1 unspecified atom stereocenters. The second-order valence-electron chi connectivity index (χ2n) is 9.80. The number of ether oxygens (including phenoxy) is 2. The quantitative estimate of drug-likeness (QED) is 0.407. The summed E-state index contributed by atoms with van der Waals surface area (Å²) in [5, 5.41) is 0. The molecule has 3 heterocycles. The van der Waals surface area contributed by atoms with Crippen LogP contribution >= 0.6 is 0 Å². The summed E-state index contributed by atoms with van der Waals surface area (Å²) in [4.78, 5) is 25.1. The fourth-order valence-electron chi connectivity index (χ4n) is 5.18. The van der Waals surface area contributed by atoms with Crippen molar-refractivity contribution in [2.45, 2.75) is 58.5 Å². The Balaban J connectivity index is 1.45. The van der Waals surface area contributed by atoms with E-state index in [1.165, 1.54) is 19.4 Å². The molecule has 2 aliphatic rings. The molecule has 36 heavy (non-hydrogen) atoms. The van der Waals surface area contributed by atoms with E-state index >= 15 is 4.39 Å². The van der Waals surface area contributed by atoms with Crippen LogP contribution in [0, 0.1) is 30.4 Å². The minimum Gasteiger partial charge on any atom is -0.481 e. The summed E-state index contributed by atoms with van der Waals surface area (Å²) in [6, 6.07) is 5.23. The molecule has 0 amide bonds. The molecule has 3 atom stereocenters. The molecule has 3 aromatic rings. The molecular formula is C28H29F2N3O3. The van der Waals surface area contributed by atoms with Crippen LogP contribution in [0.5, 0.6) is 11.6 Å². The van der Waals surface area contributed by atoms with Crippen molar-refractivity contribution in [3.63, 3.8) is 0 Å². The minimum absolute atomic E-state index is 0.0667. The van der Waals surface area contributed by atoms with Crippen molar-refractivity contribution in [3.8, 4) is 22.9 Å². The van der Waals surface area contributed by atoms with Crippen LogP contribution in [0.2, 0.25) is 0 Å². The Hall–Kier alpha value is -3.42. The smallest absolute Gasteiger partial charge is 0.213 e. The summed E-state index contributed by atoms with van der Waals surface area (Å²) in [6.07, 6.45) is 5.36. The standard InChI is InChI=1S/C28H29F2N3O3/c1-14(16(3)34)25(17-5-6-17)19-9-7-18-8-10-23(36-28(18)26(19)30)27-15(2)33-22(13-32-27)20-11-24(35-4)31-12-21(20)29/h7,9,11-14,17,23,25H,5-6,8,10H2,1-4H3/t14-,23?,25+/m1/s1. The first-order valence-electron chi connectivity index (χ1n) is 12.3. The summed E-state index contributed by atoms with van der Waals surface area (Å²) in [5.74, 6) is -0.407. The average Bonchev–Trinajstić information content (AvgIpc) is 3.71. The van der Waals surface area contributed by atoms with Gasteiger partial charge in [-0.15, -0.1) is 0 Å². The molecule has 1 aliphatic heterocycles. The molecule has 8 heteroatoms. The summed E-state index contributed by atoms with van der Waals surface area (Å²) in [5.41, 5.74) is 3.12. The van der Waals surface area contributed by atoms with Crippen LogP contribution < -0.4 is 9.47 Å². The molecular weight excluding hydrogens is 464 g/mol. The van der Waals surface area contributed by atoms with Crippen molar-refractivity contribution in [2.24, 2.45) is 11.8 Å². The van der Waals surface area contributed by atoms with Crippen molar-refractivity contribution in [1.82, 2.24) is 15.0 Å². The lowest BCUT2D eigenvalue weighted by atomic mass is 9.80. The number of hydrogen-bond donors (Lipinski definition) is 0. The molecule has 2 aromatic heterocycles. The molecule has 1 aliphatic carbocycles. The summed E-state index contributed by atoms with van der Waals surface area (Å²) >= 11 is 0. The zero-order valence-electron chi connectivity index (χ0n) is 20.8. The van der Waals surface area contributed by atoms with Gasteiger partial charge in [0, 0.05) is 17.5 Å². The van der Waals surface area contributed by atoms with Gasteiger partial charge in [0.15, 0.2) is 17.4 Å². The molecule has 1 aromatic carbocycles. The number of halogens is 2. The highest BCUT2D eigenvalue weighted by molar-refractivity contribution is 5.79. The number of aryl methyl sites for hydroxylation is 2. The van der Waals surface area contributed by atoms with E-state index in [1.807, 2.05) is 19.1 Å². The third-order valence-electron chi connectivity index (χ3n) is 7.42. The maximum atomic E-state index is 15.9. The number of rotatable bonds is 7. The molecule has 0 bridgehead atoms. The first-order valence-corrected chi connectivity index (χ1v) is 12.3. The Morgan fingerprint density at radius 1 is 1.17 bits per heavy atom. The highest BCUT2D eigenvalue weighted by Crippen LogP contribution is 2.49. The van der Waals surface area contributed by atoms with E-state index in [2.05, 4.69) is 15.0 Å². The summed E-state index contributed by atoms with van der Waals surface area (Å²) < 4.78 is 41.6. The van der Waals surface area contributed by atoms with Crippen molar-refractivity contribution >= 4 is 5.78 Å². The number of aromatic nitrogens is 3. The van der Waals surface area contributed by atoms with Crippen molar-refractivity contribution in [1.29, 1.82) is 0 Å². The predicted octanol–water partition coefficient (Wildman–Crippen LogP) is 5.92. The summed E-state index contributed by atoms with van der Waals surface area (Å²) in [6.45, 7) is 5.24. The number of nitrogens with zero attached hydrogens (tertiary/aromatic N) is 3. The Labute approximate surface area is 209 Å². The van der Waals surface area contributed by atoms with E-state index in [0.717, 1.165) is 24.6 Å². The van der Waals surface area contributed by atoms with Gasteiger partial charge >= 0.3 is 0 Å². The molecule has 1 saturated carbocycles. The number of fused-ring (bicyclic) bond motifs is 1. The molecule has 0 N–H and O–H groups in total. The maximum Gasteiger partial charge on any atom is 0.213 e. The van der Waals surface area contributed by atoms with Gasteiger partial charge in [-0.3, -0.25) is 9.78 Å². The van der Waals surface area contributed by atoms with Crippen molar-refractivity contribution < 1.29 is 23.0 Å². The lowest BCUT2D eigenvalue weighted by Gasteiger charge is -2.29. The third-order valence-corrected chi connectivity index (χ3v) is 7.42. The second kappa shape index (κ2) is 9.56. The number of carbonyl (C=O) groups excluding carboxylic acids is 1. The van der Waals surface area contributed by atoms with Crippen LogP contribution in [0.1, 0.15) is 67.6 Å². The van der Waals surface area contributed by atoms with E-state index < -0.39 is 11.9 Å². The predicted molar refractivity (Wildman–Crippen MR) is 130 cm³/mol. The Morgan fingerprint density at radius 2 is 1.94 bits per heavy atom. The highest BCUT2D eigenvalue weighted by atomic mass is 19.1. The lowest BCUT2D eigenvalue weighted by Crippen LogP contribution is -2.23. The first-order chi connectivity index (χ1) is 17.3. The highest BCUT2D eigenvalue weighted by Gasteiger charge is 2.40. The molecule has 0 radical (unpaired) electrons. The Bertz CT molecular complexity index is 1330. The van der Waals surface area contributed by atoms with Crippen LogP contribution in [-0.2, 0) is 11.2 Å². The lowest BCUT2D eigenvalue weighted by molar-refractivity contribution is -0.121. The number of benzene rings is 1. The van der Waals surface area contributed by atoms with Gasteiger partial charge in [-0.05, 0) is 62.5 Å². The monoisotopic (exact) mass is 493 g/mol. The van der Waals surface area contributed by atoms with Crippen LogP contribution in [0.3, 0.4) is 0 Å². The van der Waals surface area contributed by atoms with Gasteiger partial charge in [0.25, 0.3) is 0 Å². The number of Topliss-reactive ketones (excluding diaryl/α,β-unsaturated/α-hetero) is 1. The molecule has 6 nitrogen and oxygen atoms in total. The zero-order valence-corrected chi connectivity index (χ0v) is 20.8. The largest absolute Gasteiger partial charge is 0.481 e. The molecule has 0 saturated heterocycles. The van der Waals surface area contributed by atoms with Gasteiger partial charge in [0.2, 0.25) is 5.88 Å². The topological polar surface area (TPSA) is 74.2 Å². The molecule has 1 fully saturated rings. The Morgan fingerprint density at radius 3 is 2.61 bits per heavy atom. The van der Waals surface area contributed by atoms with E-state index in [0.29, 0.717) is 41.4 Å². The summed E-state index contributed by atoms with van der Waals surface area (Å²) in [7, 11) is 1.46. The van der Waals surface area contributed by atoms with E-state index in [9.17, 15) is 9.18 Å².